The van der Waals surface area contributed by atoms with Gasteiger partial charge in [0.1, 0.15) is 0 Å². The summed E-state index contributed by atoms with van der Waals surface area (Å²) in [5.74, 6) is 3.58. The number of thioether (sulfide) groups is 1. The summed E-state index contributed by atoms with van der Waals surface area (Å²) in [6, 6.07) is 0. The van der Waals surface area contributed by atoms with Crippen molar-refractivity contribution >= 4 is 11.8 Å². The Morgan fingerprint density at radius 2 is 2.17 bits per heavy atom. The Hall–Kier alpha value is 0.270. The lowest BCUT2D eigenvalue weighted by molar-refractivity contribution is 0.105. The zero-order valence-electron chi connectivity index (χ0n) is 12.0. The first kappa shape index (κ1) is 14.7. The Morgan fingerprint density at radius 1 is 1.28 bits per heavy atom. The topological polar surface area (TPSA) is 29.3 Å². The van der Waals surface area contributed by atoms with Crippen molar-refractivity contribution in [3.05, 3.63) is 0 Å². The molecule has 2 fully saturated rings. The van der Waals surface area contributed by atoms with E-state index in [1.54, 1.807) is 0 Å². The SMILES string of the molecule is CCCC1CCCN(C2(CN)CCCSC2)CC1. The van der Waals surface area contributed by atoms with E-state index >= 15 is 0 Å². The van der Waals surface area contributed by atoms with E-state index in [0.29, 0.717) is 5.54 Å². The lowest BCUT2D eigenvalue weighted by Crippen LogP contribution is -2.57. The summed E-state index contributed by atoms with van der Waals surface area (Å²) in [7, 11) is 0. The summed E-state index contributed by atoms with van der Waals surface area (Å²) in [5, 5.41) is 0. The van der Waals surface area contributed by atoms with Gasteiger partial charge in [0.25, 0.3) is 0 Å². The monoisotopic (exact) mass is 270 g/mol. The quantitative estimate of drug-likeness (QED) is 0.851. The molecule has 2 N–H and O–H groups in total. The molecule has 0 saturated carbocycles. The minimum atomic E-state index is 0.337. The highest BCUT2D eigenvalue weighted by Crippen LogP contribution is 2.34. The summed E-state index contributed by atoms with van der Waals surface area (Å²) in [6.45, 7) is 5.76. The Morgan fingerprint density at radius 3 is 2.83 bits per heavy atom. The molecule has 2 atom stereocenters. The van der Waals surface area contributed by atoms with Gasteiger partial charge in [-0.15, -0.1) is 0 Å². The second-order valence-electron chi connectivity index (χ2n) is 6.16. The molecule has 2 nitrogen and oxygen atoms in total. The standard InChI is InChI=1S/C15H30N2S/c1-2-5-14-6-3-9-17(10-7-14)15(12-16)8-4-11-18-13-15/h14H,2-13,16H2,1H3. The molecule has 0 aromatic heterocycles. The Bertz CT molecular complexity index is 239. The van der Waals surface area contributed by atoms with Crippen LogP contribution in [0.1, 0.15) is 51.9 Å². The van der Waals surface area contributed by atoms with E-state index in [4.69, 9.17) is 5.73 Å². The molecule has 18 heavy (non-hydrogen) atoms. The van der Waals surface area contributed by atoms with Gasteiger partial charge < -0.3 is 5.73 Å². The van der Waals surface area contributed by atoms with Crippen LogP contribution in [0, 0.1) is 5.92 Å². The fourth-order valence-corrected chi connectivity index (χ4v) is 5.03. The van der Waals surface area contributed by atoms with Crippen molar-refractivity contribution in [2.45, 2.75) is 57.4 Å². The molecule has 2 saturated heterocycles. The smallest absolute Gasteiger partial charge is 0.0422 e. The van der Waals surface area contributed by atoms with E-state index in [9.17, 15) is 0 Å². The highest BCUT2D eigenvalue weighted by Gasteiger charge is 2.37. The van der Waals surface area contributed by atoms with Crippen LogP contribution in [0.4, 0.5) is 0 Å². The number of nitrogens with two attached hydrogens (primary N) is 1. The van der Waals surface area contributed by atoms with Crippen molar-refractivity contribution in [1.29, 1.82) is 0 Å². The van der Waals surface area contributed by atoms with Crippen LogP contribution in [0.15, 0.2) is 0 Å². The van der Waals surface area contributed by atoms with Gasteiger partial charge in [0.2, 0.25) is 0 Å². The summed E-state index contributed by atoms with van der Waals surface area (Å²) in [6.07, 6.45) is 9.70. The number of hydrogen-bond acceptors (Lipinski definition) is 3. The molecule has 0 aromatic carbocycles. The zero-order valence-corrected chi connectivity index (χ0v) is 12.8. The van der Waals surface area contributed by atoms with Gasteiger partial charge in [-0.2, -0.15) is 11.8 Å². The second-order valence-corrected chi connectivity index (χ2v) is 7.26. The molecule has 3 heteroatoms. The van der Waals surface area contributed by atoms with Gasteiger partial charge in [-0.1, -0.05) is 19.8 Å². The van der Waals surface area contributed by atoms with E-state index in [0.717, 1.165) is 12.5 Å². The third-order valence-electron chi connectivity index (χ3n) is 4.90. The highest BCUT2D eigenvalue weighted by molar-refractivity contribution is 7.99. The first-order chi connectivity index (χ1) is 8.80. The van der Waals surface area contributed by atoms with E-state index in [1.807, 2.05) is 0 Å². The predicted octanol–water partition coefficient (Wildman–Crippen LogP) is 3.11. The molecule has 0 spiro atoms. The van der Waals surface area contributed by atoms with Crippen LogP contribution in [0.2, 0.25) is 0 Å². The van der Waals surface area contributed by atoms with Crippen molar-refractivity contribution in [3.8, 4) is 0 Å². The van der Waals surface area contributed by atoms with Gasteiger partial charge in [-0.25, -0.2) is 0 Å². The van der Waals surface area contributed by atoms with Crippen molar-refractivity contribution < 1.29 is 0 Å². The molecule has 2 rings (SSSR count). The zero-order chi connectivity index (χ0) is 12.8. The van der Waals surface area contributed by atoms with E-state index < -0.39 is 0 Å². The van der Waals surface area contributed by atoms with E-state index in [-0.39, 0.29) is 0 Å². The predicted molar refractivity (Wildman–Crippen MR) is 82.2 cm³/mol. The average Bonchev–Trinajstić information content (AvgIpc) is 2.66. The molecule has 2 heterocycles. The lowest BCUT2D eigenvalue weighted by Gasteiger charge is -2.45. The molecule has 2 aliphatic heterocycles. The summed E-state index contributed by atoms with van der Waals surface area (Å²) in [5.41, 5.74) is 6.50. The van der Waals surface area contributed by atoms with Gasteiger partial charge in [0.15, 0.2) is 0 Å². The summed E-state index contributed by atoms with van der Waals surface area (Å²) in [4.78, 5) is 2.76. The fraction of sp³-hybridized carbons (Fsp3) is 1.00. The van der Waals surface area contributed by atoms with Gasteiger partial charge in [-0.3, -0.25) is 4.90 Å². The normalized spacial score (nSPS) is 35.3. The molecular weight excluding hydrogens is 240 g/mol. The summed E-state index contributed by atoms with van der Waals surface area (Å²) >= 11 is 2.12. The van der Waals surface area contributed by atoms with Crippen molar-refractivity contribution in [2.75, 3.05) is 31.1 Å². The fourth-order valence-electron chi connectivity index (χ4n) is 3.71. The van der Waals surface area contributed by atoms with Crippen LogP contribution < -0.4 is 5.73 Å². The number of likely N-dealkylation sites (tertiary alicyclic amines) is 1. The highest BCUT2D eigenvalue weighted by atomic mass is 32.2. The largest absolute Gasteiger partial charge is 0.329 e. The van der Waals surface area contributed by atoms with Crippen LogP contribution in [0.5, 0.6) is 0 Å². The van der Waals surface area contributed by atoms with Gasteiger partial charge in [-0.05, 0) is 56.9 Å². The molecule has 2 aliphatic rings. The van der Waals surface area contributed by atoms with E-state index in [1.165, 1.54) is 69.5 Å². The molecular formula is C15H30N2S. The Balaban J connectivity index is 1.94. The van der Waals surface area contributed by atoms with Crippen molar-refractivity contribution in [3.63, 3.8) is 0 Å². The van der Waals surface area contributed by atoms with Gasteiger partial charge in [0.05, 0.1) is 0 Å². The number of nitrogens with zero attached hydrogens (tertiary/aromatic N) is 1. The van der Waals surface area contributed by atoms with E-state index in [2.05, 4.69) is 23.6 Å². The molecule has 106 valence electrons. The van der Waals surface area contributed by atoms with Crippen LogP contribution in [-0.4, -0.2) is 41.6 Å². The van der Waals surface area contributed by atoms with Gasteiger partial charge in [0, 0.05) is 17.8 Å². The van der Waals surface area contributed by atoms with Crippen LogP contribution in [0.3, 0.4) is 0 Å². The maximum Gasteiger partial charge on any atom is 0.0422 e. The van der Waals surface area contributed by atoms with Crippen LogP contribution in [-0.2, 0) is 0 Å². The first-order valence-electron chi connectivity index (χ1n) is 7.83. The first-order valence-corrected chi connectivity index (χ1v) is 8.99. The van der Waals surface area contributed by atoms with Gasteiger partial charge >= 0.3 is 0 Å². The van der Waals surface area contributed by atoms with Crippen LogP contribution >= 0.6 is 11.8 Å². The minimum Gasteiger partial charge on any atom is -0.329 e. The van der Waals surface area contributed by atoms with Crippen molar-refractivity contribution in [1.82, 2.24) is 4.90 Å². The summed E-state index contributed by atoms with van der Waals surface area (Å²) < 4.78 is 0. The third-order valence-corrected chi connectivity index (χ3v) is 6.22. The molecule has 0 radical (unpaired) electrons. The molecule has 0 bridgehead atoms. The lowest BCUT2D eigenvalue weighted by atomic mass is 9.92. The molecule has 0 aliphatic carbocycles. The second kappa shape index (κ2) is 7.16. The minimum absolute atomic E-state index is 0.337. The maximum atomic E-state index is 6.16. The Labute approximate surface area is 117 Å². The third kappa shape index (κ3) is 3.43. The number of hydrogen-bond donors (Lipinski definition) is 1. The molecule has 2 unspecified atom stereocenters. The molecule has 0 aromatic rings. The average molecular weight is 270 g/mol. The molecule has 0 amide bonds. The van der Waals surface area contributed by atoms with Crippen LogP contribution in [0.25, 0.3) is 0 Å². The Kier molecular flexibility index (Phi) is 5.84. The maximum absolute atomic E-state index is 6.16. The van der Waals surface area contributed by atoms with Crippen molar-refractivity contribution in [2.24, 2.45) is 11.7 Å². The number of rotatable bonds is 4.